The number of nitrogens with zero attached hydrogens (tertiary/aromatic N) is 2. The summed E-state index contributed by atoms with van der Waals surface area (Å²) in [6.07, 6.45) is 3.77. The minimum absolute atomic E-state index is 0.116. The van der Waals surface area contributed by atoms with E-state index in [2.05, 4.69) is 29.4 Å². The Labute approximate surface area is 120 Å². The molecule has 2 rings (SSSR count). The second kappa shape index (κ2) is 7.04. The highest BCUT2D eigenvalue weighted by molar-refractivity contribution is 6.01. The molecule has 0 aromatic heterocycles. The summed E-state index contributed by atoms with van der Waals surface area (Å²) in [5.41, 5.74) is 0. The minimum Gasteiger partial charge on any atom is -0.329 e. The number of rotatable bonds is 6. The Bertz CT molecular complexity index is 337. The Morgan fingerprint density at radius 2 is 2.15 bits per heavy atom. The molecule has 2 saturated heterocycles. The Morgan fingerprint density at radius 3 is 2.70 bits per heavy atom. The van der Waals surface area contributed by atoms with E-state index in [1.807, 2.05) is 0 Å². The van der Waals surface area contributed by atoms with Crippen LogP contribution in [-0.4, -0.2) is 66.5 Å². The first-order valence-corrected chi connectivity index (χ1v) is 7.63. The summed E-state index contributed by atoms with van der Waals surface area (Å²) in [6, 6.07) is 0.697. The molecule has 2 aliphatic rings. The largest absolute Gasteiger partial charge is 0.329 e. The van der Waals surface area contributed by atoms with Crippen LogP contribution in [0.3, 0.4) is 0 Å². The van der Waals surface area contributed by atoms with Crippen molar-refractivity contribution in [3.63, 3.8) is 0 Å². The van der Waals surface area contributed by atoms with Gasteiger partial charge < -0.3 is 10.6 Å². The number of nitrogens with one attached hydrogen (secondary N) is 2. The van der Waals surface area contributed by atoms with E-state index in [9.17, 15) is 9.59 Å². The number of urea groups is 1. The van der Waals surface area contributed by atoms with Gasteiger partial charge in [-0.2, -0.15) is 0 Å². The van der Waals surface area contributed by atoms with Crippen molar-refractivity contribution in [3.8, 4) is 0 Å². The third kappa shape index (κ3) is 3.93. The van der Waals surface area contributed by atoms with Crippen molar-refractivity contribution in [1.82, 2.24) is 20.4 Å². The Balaban J connectivity index is 1.82. The van der Waals surface area contributed by atoms with Crippen LogP contribution in [0.25, 0.3) is 0 Å². The molecule has 20 heavy (non-hydrogen) atoms. The molecule has 3 amide bonds. The van der Waals surface area contributed by atoms with Crippen LogP contribution in [0.2, 0.25) is 0 Å². The maximum atomic E-state index is 11.6. The summed E-state index contributed by atoms with van der Waals surface area (Å²) in [7, 11) is 0. The van der Waals surface area contributed by atoms with Crippen molar-refractivity contribution in [2.45, 2.75) is 45.2 Å². The summed E-state index contributed by atoms with van der Waals surface area (Å²) in [6.45, 7) is 7.78. The van der Waals surface area contributed by atoms with Crippen molar-refractivity contribution in [3.05, 3.63) is 0 Å². The smallest absolute Gasteiger partial charge is 0.324 e. The van der Waals surface area contributed by atoms with E-state index < -0.39 is 0 Å². The number of imide groups is 1. The number of carbonyl (C=O) groups excluding carboxylic acids is 2. The molecule has 0 radical (unpaired) electrons. The zero-order valence-electron chi connectivity index (χ0n) is 12.5. The van der Waals surface area contributed by atoms with E-state index in [0.29, 0.717) is 18.6 Å². The van der Waals surface area contributed by atoms with Crippen molar-refractivity contribution < 1.29 is 9.59 Å². The first-order valence-electron chi connectivity index (χ1n) is 7.63. The molecule has 2 heterocycles. The Kier molecular flexibility index (Phi) is 5.37. The first-order chi connectivity index (χ1) is 9.58. The Hall–Kier alpha value is -1.14. The molecule has 6 heteroatoms. The molecule has 2 N–H and O–H groups in total. The molecule has 2 aliphatic heterocycles. The molecular formula is C14H26N4O2. The maximum Gasteiger partial charge on any atom is 0.324 e. The molecule has 114 valence electrons. The topological polar surface area (TPSA) is 64.7 Å². The first kappa shape index (κ1) is 15.3. The normalized spacial score (nSPS) is 23.8. The fraction of sp³-hybridized carbons (Fsp3) is 0.857. The molecule has 0 bridgehead atoms. The van der Waals surface area contributed by atoms with Crippen LogP contribution >= 0.6 is 0 Å². The van der Waals surface area contributed by atoms with Gasteiger partial charge in [0.05, 0.1) is 6.54 Å². The summed E-state index contributed by atoms with van der Waals surface area (Å²) in [5.74, 6) is -0.116. The number of piperidine rings is 1. The number of hydrogen-bond acceptors (Lipinski definition) is 4. The van der Waals surface area contributed by atoms with E-state index in [1.54, 1.807) is 0 Å². The fourth-order valence-electron chi connectivity index (χ4n) is 2.83. The van der Waals surface area contributed by atoms with Gasteiger partial charge in [0.2, 0.25) is 5.91 Å². The van der Waals surface area contributed by atoms with Crippen LogP contribution in [0.15, 0.2) is 0 Å². The van der Waals surface area contributed by atoms with Crippen molar-refractivity contribution in [2.24, 2.45) is 0 Å². The molecule has 1 atom stereocenters. The lowest BCUT2D eigenvalue weighted by Gasteiger charge is -2.33. The highest BCUT2D eigenvalue weighted by Gasteiger charge is 2.29. The average molecular weight is 282 g/mol. The van der Waals surface area contributed by atoms with Crippen LogP contribution in [0.4, 0.5) is 4.79 Å². The molecule has 1 unspecified atom stereocenters. The highest BCUT2D eigenvalue weighted by Crippen LogP contribution is 2.11. The standard InChI is InChI=1S/C14H26N4O2/c1-11(2)17(10-12-5-3-4-6-15-12)7-8-18-13(19)9-16-14(18)20/h11-12,15H,3-10H2,1-2H3,(H,16,20). The summed E-state index contributed by atoms with van der Waals surface area (Å²) in [5, 5.41) is 6.11. The molecule has 0 aromatic rings. The maximum absolute atomic E-state index is 11.6. The van der Waals surface area contributed by atoms with Crippen molar-refractivity contribution in [2.75, 3.05) is 32.7 Å². The second-order valence-corrected chi connectivity index (χ2v) is 5.94. The summed E-state index contributed by atoms with van der Waals surface area (Å²) < 4.78 is 0. The highest BCUT2D eigenvalue weighted by atomic mass is 16.2. The second-order valence-electron chi connectivity index (χ2n) is 5.94. The van der Waals surface area contributed by atoms with Gasteiger partial charge in [-0.05, 0) is 33.2 Å². The van der Waals surface area contributed by atoms with Crippen LogP contribution in [0.5, 0.6) is 0 Å². The zero-order chi connectivity index (χ0) is 14.5. The quantitative estimate of drug-likeness (QED) is 0.692. The van der Waals surface area contributed by atoms with Gasteiger partial charge in [0, 0.05) is 31.7 Å². The van der Waals surface area contributed by atoms with E-state index >= 15 is 0 Å². The fourth-order valence-corrected chi connectivity index (χ4v) is 2.83. The van der Waals surface area contributed by atoms with E-state index in [4.69, 9.17) is 0 Å². The van der Waals surface area contributed by atoms with Gasteiger partial charge in [-0.1, -0.05) is 6.42 Å². The molecule has 2 fully saturated rings. The van der Waals surface area contributed by atoms with Gasteiger partial charge in [0.25, 0.3) is 0 Å². The van der Waals surface area contributed by atoms with Crippen molar-refractivity contribution >= 4 is 11.9 Å². The SMILES string of the molecule is CC(C)N(CCN1C(=O)CNC1=O)CC1CCCCN1. The third-order valence-corrected chi connectivity index (χ3v) is 4.15. The van der Waals surface area contributed by atoms with E-state index in [1.165, 1.54) is 24.2 Å². The lowest BCUT2D eigenvalue weighted by Crippen LogP contribution is -2.48. The molecule has 0 saturated carbocycles. The number of amides is 3. The number of hydrogen-bond donors (Lipinski definition) is 2. The third-order valence-electron chi connectivity index (χ3n) is 4.15. The van der Waals surface area contributed by atoms with Crippen molar-refractivity contribution in [1.29, 1.82) is 0 Å². The summed E-state index contributed by atoms with van der Waals surface area (Å²) >= 11 is 0. The molecular weight excluding hydrogens is 256 g/mol. The number of carbonyl (C=O) groups is 2. The van der Waals surface area contributed by atoms with E-state index in [-0.39, 0.29) is 18.5 Å². The van der Waals surface area contributed by atoms with Crippen LogP contribution in [-0.2, 0) is 4.79 Å². The predicted octanol–water partition coefficient (Wildman–Crippen LogP) is 0.391. The molecule has 0 aliphatic carbocycles. The zero-order valence-corrected chi connectivity index (χ0v) is 12.5. The minimum atomic E-state index is -0.255. The van der Waals surface area contributed by atoms with Crippen LogP contribution in [0, 0.1) is 0 Å². The molecule has 0 aromatic carbocycles. The average Bonchev–Trinajstić information content (AvgIpc) is 2.75. The monoisotopic (exact) mass is 282 g/mol. The van der Waals surface area contributed by atoms with Gasteiger partial charge in [0.1, 0.15) is 0 Å². The van der Waals surface area contributed by atoms with Crippen LogP contribution < -0.4 is 10.6 Å². The molecule has 0 spiro atoms. The predicted molar refractivity (Wildman–Crippen MR) is 77.5 cm³/mol. The Morgan fingerprint density at radius 1 is 1.35 bits per heavy atom. The van der Waals surface area contributed by atoms with Gasteiger partial charge >= 0.3 is 6.03 Å². The van der Waals surface area contributed by atoms with Gasteiger partial charge in [-0.15, -0.1) is 0 Å². The van der Waals surface area contributed by atoms with E-state index in [0.717, 1.165) is 19.6 Å². The molecule has 6 nitrogen and oxygen atoms in total. The lowest BCUT2D eigenvalue weighted by atomic mass is 10.0. The summed E-state index contributed by atoms with van der Waals surface area (Å²) in [4.78, 5) is 26.8. The van der Waals surface area contributed by atoms with Crippen LogP contribution in [0.1, 0.15) is 33.1 Å². The van der Waals surface area contributed by atoms with Gasteiger partial charge in [0.15, 0.2) is 0 Å². The van der Waals surface area contributed by atoms with Gasteiger partial charge in [-0.3, -0.25) is 14.6 Å². The lowest BCUT2D eigenvalue weighted by molar-refractivity contribution is -0.125. The van der Waals surface area contributed by atoms with Gasteiger partial charge in [-0.25, -0.2) is 4.79 Å².